The standard InChI is InChI=1S/C15H19F2NO/c1-10-9-11(3-4-13(10)16)14(19)18-12-5-7-15(2,17)8-6-12/h3-4,9,12H,5-8H2,1-2H3,(H,18,19). The second-order valence-corrected chi connectivity index (χ2v) is 5.63. The minimum atomic E-state index is -1.10. The van der Waals surface area contributed by atoms with Gasteiger partial charge in [0, 0.05) is 11.6 Å². The highest BCUT2D eigenvalue weighted by Gasteiger charge is 2.31. The molecule has 1 saturated carbocycles. The Morgan fingerprint density at radius 1 is 1.37 bits per heavy atom. The van der Waals surface area contributed by atoms with E-state index in [-0.39, 0.29) is 17.8 Å². The van der Waals surface area contributed by atoms with Crippen LogP contribution < -0.4 is 5.32 Å². The van der Waals surface area contributed by atoms with Crippen molar-refractivity contribution in [2.45, 2.75) is 51.2 Å². The van der Waals surface area contributed by atoms with Crippen molar-refractivity contribution >= 4 is 5.91 Å². The molecule has 0 radical (unpaired) electrons. The van der Waals surface area contributed by atoms with Crippen LogP contribution in [0.15, 0.2) is 18.2 Å². The normalized spacial score (nSPS) is 27.1. The van der Waals surface area contributed by atoms with Crippen LogP contribution >= 0.6 is 0 Å². The van der Waals surface area contributed by atoms with Gasteiger partial charge in [-0.2, -0.15) is 0 Å². The Balaban J connectivity index is 1.96. The monoisotopic (exact) mass is 267 g/mol. The Morgan fingerprint density at radius 2 is 2.00 bits per heavy atom. The number of benzene rings is 1. The van der Waals surface area contributed by atoms with E-state index in [9.17, 15) is 13.6 Å². The lowest BCUT2D eigenvalue weighted by Gasteiger charge is -2.31. The number of carbonyl (C=O) groups excluding carboxylic acids is 1. The first kappa shape index (κ1) is 14.0. The van der Waals surface area contributed by atoms with Crippen LogP contribution in [0.3, 0.4) is 0 Å². The molecule has 2 rings (SSSR count). The first-order valence-corrected chi connectivity index (χ1v) is 6.63. The number of amides is 1. The molecule has 0 spiro atoms. The molecule has 104 valence electrons. The van der Waals surface area contributed by atoms with E-state index in [4.69, 9.17) is 0 Å². The Bertz CT molecular complexity index is 475. The highest BCUT2D eigenvalue weighted by atomic mass is 19.1. The first-order chi connectivity index (χ1) is 8.87. The Morgan fingerprint density at radius 3 is 2.58 bits per heavy atom. The van der Waals surface area contributed by atoms with Crippen LogP contribution in [0.25, 0.3) is 0 Å². The fourth-order valence-corrected chi connectivity index (χ4v) is 2.42. The highest BCUT2D eigenvalue weighted by Crippen LogP contribution is 2.31. The molecule has 1 fully saturated rings. The molecule has 1 aliphatic carbocycles. The number of alkyl halides is 1. The molecule has 0 aliphatic heterocycles. The van der Waals surface area contributed by atoms with Gasteiger partial charge in [-0.3, -0.25) is 4.79 Å². The van der Waals surface area contributed by atoms with Crippen LogP contribution in [0.4, 0.5) is 8.78 Å². The number of hydrogen-bond acceptors (Lipinski definition) is 1. The van der Waals surface area contributed by atoms with Crippen molar-refractivity contribution in [3.63, 3.8) is 0 Å². The molecule has 0 saturated heterocycles. The summed E-state index contributed by atoms with van der Waals surface area (Å²) in [6.07, 6.45) is 2.25. The topological polar surface area (TPSA) is 29.1 Å². The van der Waals surface area contributed by atoms with Crippen molar-refractivity contribution < 1.29 is 13.6 Å². The minimum Gasteiger partial charge on any atom is -0.349 e. The molecular formula is C15H19F2NO. The van der Waals surface area contributed by atoms with Crippen LogP contribution in [0.2, 0.25) is 0 Å². The van der Waals surface area contributed by atoms with Crippen LogP contribution in [-0.4, -0.2) is 17.6 Å². The second kappa shape index (κ2) is 5.27. The van der Waals surface area contributed by atoms with Crippen LogP contribution in [-0.2, 0) is 0 Å². The molecule has 19 heavy (non-hydrogen) atoms. The van der Waals surface area contributed by atoms with Crippen LogP contribution in [0.5, 0.6) is 0 Å². The molecule has 0 atom stereocenters. The van der Waals surface area contributed by atoms with Crippen molar-refractivity contribution in [2.24, 2.45) is 0 Å². The van der Waals surface area contributed by atoms with Crippen molar-refractivity contribution in [3.8, 4) is 0 Å². The third-order valence-electron chi connectivity index (χ3n) is 3.78. The number of nitrogens with one attached hydrogen (secondary N) is 1. The predicted molar refractivity (Wildman–Crippen MR) is 70.4 cm³/mol. The zero-order valence-electron chi connectivity index (χ0n) is 11.3. The predicted octanol–water partition coefficient (Wildman–Crippen LogP) is 3.53. The van der Waals surface area contributed by atoms with E-state index in [2.05, 4.69) is 5.32 Å². The van der Waals surface area contributed by atoms with Gasteiger partial charge in [0.2, 0.25) is 0 Å². The van der Waals surface area contributed by atoms with Gasteiger partial charge in [-0.05, 0) is 63.3 Å². The molecule has 0 bridgehead atoms. The molecule has 1 N–H and O–H groups in total. The van der Waals surface area contributed by atoms with Gasteiger partial charge in [0.15, 0.2) is 0 Å². The number of rotatable bonds is 2. The quantitative estimate of drug-likeness (QED) is 0.872. The molecule has 0 aromatic heterocycles. The van der Waals surface area contributed by atoms with E-state index in [1.54, 1.807) is 13.8 Å². The van der Waals surface area contributed by atoms with Gasteiger partial charge in [-0.15, -0.1) is 0 Å². The molecule has 0 unspecified atom stereocenters. The fraction of sp³-hybridized carbons (Fsp3) is 0.533. The molecule has 1 aliphatic rings. The molecule has 1 aromatic carbocycles. The molecule has 1 amide bonds. The minimum absolute atomic E-state index is 0.0154. The van der Waals surface area contributed by atoms with Crippen molar-refractivity contribution in [1.82, 2.24) is 5.32 Å². The summed E-state index contributed by atoms with van der Waals surface area (Å²) >= 11 is 0. The largest absolute Gasteiger partial charge is 0.349 e. The molecule has 1 aromatic rings. The fourth-order valence-electron chi connectivity index (χ4n) is 2.42. The lowest BCUT2D eigenvalue weighted by atomic mass is 9.85. The third-order valence-corrected chi connectivity index (χ3v) is 3.78. The Labute approximate surface area is 112 Å². The zero-order valence-corrected chi connectivity index (χ0v) is 11.3. The summed E-state index contributed by atoms with van der Waals surface area (Å²) in [5.41, 5.74) is -0.201. The van der Waals surface area contributed by atoms with Gasteiger partial charge in [-0.25, -0.2) is 8.78 Å². The maximum Gasteiger partial charge on any atom is 0.251 e. The summed E-state index contributed by atoms with van der Waals surface area (Å²) in [7, 11) is 0. The summed E-state index contributed by atoms with van der Waals surface area (Å²) in [4.78, 5) is 12.0. The molecule has 4 heteroatoms. The van der Waals surface area contributed by atoms with Gasteiger partial charge >= 0.3 is 0 Å². The van der Waals surface area contributed by atoms with Gasteiger partial charge in [0.05, 0.1) is 0 Å². The third kappa shape index (κ3) is 3.52. The van der Waals surface area contributed by atoms with Gasteiger partial charge in [0.25, 0.3) is 5.91 Å². The summed E-state index contributed by atoms with van der Waals surface area (Å²) in [5, 5.41) is 2.89. The van der Waals surface area contributed by atoms with Gasteiger partial charge < -0.3 is 5.32 Å². The van der Waals surface area contributed by atoms with Crippen LogP contribution in [0.1, 0.15) is 48.5 Å². The van der Waals surface area contributed by atoms with Crippen LogP contribution in [0, 0.1) is 12.7 Å². The number of carbonyl (C=O) groups is 1. The maximum atomic E-state index is 13.6. The van der Waals surface area contributed by atoms with Crippen molar-refractivity contribution in [3.05, 3.63) is 35.1 Å². The van der Waals surface area contributed by atoms with E-state index in [0.717, 1.165) is 0 Å². The average molecular weight is 267 g/mol. The summed E-state index contributed by atoms with van der Waals surface area (Å²) in [6.45, 7) is 3.23. The number of aryl methyl sites for hydroxylation is 1. The summed E-state index contributed by atoms with van der Waals surface area (Å²) in [5.74, 6) is -0.530. The highest BCUT2D eigenvalue weighted by molar-refractivity contribution is 5.94. The zero-order chi connectivity index (χ0) is 14.0. The summed E-state index contributed by atoms with van der Waals surface area (Å²) < 4.78 is 26.8. The Hall–Kier alpha value is -1.45. The van der Waals surface area contributed by atoms with E-state index >= 15 is 0 Å². The van der Waals surface area contributed by atoms with E-state index in [0.29, 0.717) is 36.8 Å². The number of hydrogen-bond donors (Lipinski definition) is 1. The average Bonchev–Trinajstić information content (AvgIpc) is 2.35. The smallest absolute Gasteiger partial charge is 0.251 e. The number of halogens is 2. The van der Waals surface area contributed by atoms with Gasteiger partial charge in [0.1, 0.15) is 11.5 Å². The van der Waals surface area contributed by atoms with Crippen molar-refractivity contribution in [2.75, 3.05) is 0 Å². The van der Waals surface area contributed by atoms with E-state index in [1.807, 2.05) is 0 Å². The molecular weight excluding hydrogens is 248 g/mol. The lowest BCUT2D eigenvalue weighted by Crippen LogP contribution is -2.40. The van der Waals surface area contributed by atoms with Crippen molar-refractivity contribution in [1.29, 1.82) is 0 Å². The molecule has 2 nitrogen and oxygen atoms in total. The first-order valence-electron chi connectivity index (χ1n) is 6.63. The summed E-state index contributed by atoms with van der Waals surface area (Å²) in [6, 6.07) is 4.32. The maximum absolute atomic E-state index is 13.6. The Kier molecular flexibility index (Phi) is 3.88. The van der Waals surface area contributed by atoms with E-state index in [1.165, 1.54) is 18.2 Å². The molecule has 0 heterocycles. The second-order valence-electron chi connectivity index (χ2n) is 5.63. The van der Waals surface area contributed by atoms with Gasteiger partial charge in [-0.1, -0.05) is 0 Å². The van der Waals surface area contributed by atoms with E-state index < -0.39 is 5.67 Å². The lowest BCUT2D eigenvalue weighted by molar-refractivity contribution is 0.0850. The SMILES string of the molecule is Cc1cc(C(=O)NC2CCC(C)(F)CC2)ccc1F.